The fraction of sp³-hybridized carbons (Fsp3) is 0.500. The van der Waals surface area contributed by atoms with Crippen LogP contribution < -0.4 is 5.73 Å². The van der Waals surface area contributed by atoms with Crippen LogP contribution in [0, 0.1) is 0 Å². The Bertz CT molecular complexity index is 652. The second kappa shape index (κ2) is 5.67. The average molecular weight is 320 g/mol. The van der Waals surface area contributed by atoms with Crippen molar-refractivity contribution in [2.45, 2.75) is 24.5 Å². The van der Waals surface area contributed by atoms with Crippen LogP contribution in [0.3, 0.4) is 0 Å². The first-order chi connectivity index (χ1) is 9.52. The lowest BCUT2D eigenvalue weighted by atomic mass is 10.1. The van der Waals surface area contributed by atoms with Gasteiger partial charge in [0.15, 0.2) is 17.7 Å². The minimum Gasteiger partial charge on any atom is -0.412 e. The summed E-state index contributed by atoms with van der Waals surface area (Å²) in [5.41, 5.74) is 6.27. The number of aromatic nitrogens is 4. The Morgan fingerprint density at radius 2 is 2.05 bits per heavy atom. The van der Waals surface area contributed by atoms with Gasteiger partial charge >= 0.3 is 0 Å². The van der Waals surface area contributed by atoms with Crippen molar-refractivity contribution in [3.8, 4) is 0 Å². The summed E-state index contributed by atoms with van der Waals surface area (Å²) in [4.78, 5) is 11.8. The van der Waals surface area contributed by atoms with Crippen molar-refractivity contribution in [2.75, 3.05) is 12.3 Å². The molecule has 7 N–H and O–H groups in total. The number of nitrogen functional groups attached to an aromatic ring is 1. The molecule has 2 aromatic heterocycles. The Hall–Kier alpha value is -1.56. The van der Waals surface area contributed by atoms with Gasteiger partial charge < -0.3 is 31.3 Å². The summed E-state index contributed by atoms with van der Waals surface area (Å²) >= 11 is 5.74. The highest BCUT2D eigenvalue weighted by atomic mass is 35.5. The van der Waals surface area contributed by atoms with Gasteiger partial charge in [0.05, 0.1) is 12.9 Å². The highest BCUT2D eigenvalue weighted by molar-refractivity contribution is 6.28. The van der Waals surface area contributed by atoms with Crippen LogP contribution in [0.5, 0.6) is 0 Å². The van der Waals surface area contributed by atoms with E-state index in [4.69, 9.17) is 27.2 Å². The van der Waals surface area contributed by atoms with E-state index in [0.717, 1.165) is 0 Å². The number of halogens is 1. The highest BCUT2D eigenvalue weighted by Gasteiger charge is 2.44. The Morgan fingerprint density at radius 3 is 2.67 bits per heavy atom. The van der Waals surface area contributed by atoms with E-state index in [1.54, 1.807) is 0 Å². The van der Waals surface area contributed by atoms with Gasteiger partial charge in [0.1, 0.15) is 23.8 Å². The Morgan fingerprint density at radius 1 is 1.33 bits per heavy atom. The van der Waals surface area contributed by atoms with Gasteiger partial charge in [0.2, 0.25) is 5.28 Å². The van der Waals surface area contributed by atoms with Gasteiger partial charge in [-0.25, -0.2) is 4.98 Å². The molecule has 11 heteroatoms. The van der Waals surface area contributed by atoms with Crippen molar-refractivity contribution in [1.82, 2.24) is 19.5 Å². The van der Waals surface area contributed by atoms with Crippen LogP contribution in [-0.2, 0) is 4.74 Å². The molecular weight excluding hydrogens is 306 g/mol. The van der Waals surface area contributed by atoms with Crippen molar-refractivity contribution in [3.63, 3.8) is 0 Å². The maximum absolute atomic E-state index is 9.99. The molecule has 0 spiro atoms. The maximum atomic E-state index is 9.99. The molecule has 116 valence electrons. The molecule has 1 saturated heterocycles. The fourth-order valence-electron chi connectivity index (χ4n) is 2.21. The third kappa shape index (κ3) is 2.41. The molecule has 3 rings (SSSR count). The largest absolute Gasteiger partial charge is 0.412 e. The van der Waals surface area contributed by atoms with Crippen LogP contribution in [0.25, 0.3) is 11.2 Å². The molecule has 21 heavy (non-hydrogen) atoms. The Labute approximate surface area is 123 Å². The maximum Gasteiger partial charge on any atom is 0.226 e. The molecule has 0 aliphatic carbocycles. The first-order valence-corrected chi connectivity index (χ1v) is 6.18. The molecule has 1 aliphatic heterocycles. The summed E-state index contributed by atoms with van der Waals surface area (Å²) in [6.07, 6.45) is -2.93. The van der Waals surface area contributed by atoms with Crippen LogP contribution in [0.15, 0.2) is 6.33 Å². The van der Waals surface area contributed by atoms with Crippen LogP contribution in [-0.4, -0.2) is 65.2 Å². The lowest BCUT2D eigenvalue weighted by Crippen LogP contribution is -2.33. The SMILES string of the molecule is Nc1nc(Cl)nc2c1ncn2[C@@H]1O[C@H](CO)[C@H](O)C1O.O. The molecule has 1 aliphatic rings. The Balaban J connectivity index is 0.00000161. The summed E-state index contributed by atoms with van der Waals surface area (Å²) in [5.74, 6) is 0.102. The van der Waals surface area contributed by atoms with Crippen LogP contribution in [0.2, 0.25) is 5.28 Å². The molecule has 1 unspecified atom stereocenters. The molecule has 3 heterocycles. The van der Waals surface area contributed by atoms with Gasteiger partial charge in [-0.1, -0.05) is 0 Å². The lowest BCUT2D eigenvalue weighted by Gasteiger charge is -2.16. The molecule has 10 nitrogen and oxygen atoms in total. The minimum atomic E-state index is -1.24. The number of hydrogen-bond acceptors (Lipinski definition) is 8. The summed E-state index contributed by atoms with van der Waals surface area (Å²) in [6, 6.07) is 0. The topological polar surface area (TPSA) is 171 Å². The molecule has 4 atom stereocenters. The zero-order chi connectivity index (χ0) is 14.4. The van der Waals surface area contributed by atoms with E-state index in [1.807, 2.05) is 0 Å². The lowest BCUT2D eigenvalue weighted by molar-refractivity contribution is -0.0511. The van der Waals surface area contributed by atoms with Gasteiger partial charge in [-0.2, -0.15) is 9.97 Å². The molecule has 0 saturated carbocycles. The van der Waals surface area contributed by atoms with Crippen molar-refractivity contribution in [3.05, 3.63) is 11.6 Å². The minimum absolute atomic E-state index is 0. The molecular formula is C10H14ClN5O5. The third-order valence-corrected chi connectivity index (χ3v) is 3.38. The zero-order valence-electron chi connectivity index (χ0n) is 10.6. The number of rotatable bonds is 2. The monoisotopic (exact) mass is 319 g/mol. The first-order valence-electron chi connectivity index (χ1n) is 5.81. The van der Waals surface area contributed by atoms with Crippen molar-refractivity contribution in [1.29, 1.82) is 0 Å². The number of aliphatic hydroxyl groups excluding tert-OH is 3. The molecule has 0 aromatic carbocycles. The van der Waals surface area contributed by atoms with E-state index in [9.17, 15) is 10.2 Å². The van der Waals surface area contributed by atoms with Gasteiger partial charge in [0.25, 0.3) is 0 Å². The van der Waals surface area contributed by atoms with Crippen molar-refractivity contribution in [2.24, 2.45) is 0 Å². The van der Waals surface area contributed by atoms with E-state index in [2.05, 4.69) is 15.0 Å². The highest BCUT2D eigenvalue weighted by Crippen LogP contribution is 2.32. The number of imidazole rings is 1. The van der Waals surface area contributed by atoms with E-state index in [1.165, 1.54) is 10.9 Å². The number of ether oxygens (including phenoxy) is 1. The van der Waals surface area contributed by atoms with Gasteiger partial charge in [0, 0.05) is 0 Å². The predicted molar refractivity (Wildman–Crippen MR) is 71.4 cm³/mol. The number of aliphatic hydroxyl groups is 3. The summed E-state index contributed by atoms with van der Waals surface area (Å²) in [7, 11) is 0. The van der Waals surface area contributed by atoms with E-state index in [-0.39, 0.29) is 22.2 Å². The standard InChI is InChI=1S/C10H12ClN5O4.H2O/c11-10-14-7(12)4-8(15-10)16(2-13-4)9-6(19)5(18)3(1-17)20-9;/h2-3,5-6,9,17-19H,1H2,(H2,12,14,15);1H2/t3-,5+,6?,9-;/m1./s1. The number of fused-ring (bicyclic) bond motifs is 1. The fourth-order valence-corrected chi connectivity index (χ4v) is 2.38. The molecule has 0 radical (unpaired) electrons. The number of nitrogens with two attached hydrogens (primary N) is 1. The van der Waals surface area contributed by atoms with E-state index in [0.29, 0.717) is 5.52 Å². The zero-order valence-corrected chi connectivity index (χ0v) is 11.3. The van der Waals surface area contributed by atoms with Crippen molar-refractivity contribution >= 4 is 28.6 Å². The molecule has 2 aromatic rings. The van der Waals surface area contributed by atoms with E-state index >= 15 is 0 Å². The molecule has 1 fully saturated rings. The normalized spacial score (nSPS) is 28.8. The number of nitrogens with zero attached hydrogens (tertiary/aromatic N) is 4. The summed E-state index contributed by atoms with van der Waals surface area (Å²) in [6.45, 7) is -0.417. The Kier molecular flexibility index (Phi) is 4.27. The average Bonchev–Trinajstić information content (AvgIpc) is 2.93. The smallest absolute Gasteiger partial charge is 0.226 e. The van der Waals surface area contributed by atoms with Gasteiger partial charge in [-0.05, 0) is 11.6 Å². The summed E-state index contributed by atoms with van der Waals surface area (Å²) < 4.78 is 6.79. The van der Waals surface area contributed by atoms with Gasteiger partial charge in [-0.15, -0.1) is 0 Å². The second-order valence-electron chi connectivity index (χ2n) is 4.43. The predicted octanol–water partition coefficient (Wildman–Crippen LogP) is -2.15. The first kappa shape index (κ1) is 15.8. The van der Waals surface area contributed by atoms with Crippen LogP contribution in [0.1, 0.15) is 6.23 Å². The molecule has 0 amide bonds. The molecule has 0 bridgehead atoms. The van der Waals surface area contributed by atoms with Crippen molar-refractivity contribution < 1.29 is 25.5 Å². The van der Waals surface area contributed by atoms with Crippen LogP contribution in [0.4, 0.5) is 5.82 Å². The second-order valence-corrected chi connectivity index (χ2v) is 4.77. The third-order valence-electron chi connectivity index (χ3n) is 3.21. The van der Waals surface area contributed by atoms with Crippen LogP contribution >= 0.6 is 11.6 Å². The quantitative estimate of drug-likeness (QED) is 0.453. The van der Waals surface area contributed by atoms with E-state index < -0.39 is 31.1 Å². The number of hydrogen-bond donors (Lipinski definition) is 4. The number of anilines is 1. The van der Waals surface area contributed by atoms with Gasteiger partial charge in [-0.3, -0.25) is 4.57 Å². The summed E-state index contributed by atoms with van der Waals surface area (Å²) in [5, 5.41) is 28.8.